The van der Waals surface area contributed by atoms with Gasteiger partial charge in [-0.25, -0.2) is 0 Å². The second-order valence-corrected chi connectivity index (χ2v) is 12.8. The molecule has 0 N–H and O–H groups in total. The van der Waals surface area contributed by atoms with E-state index in [-0.39, 0.29) is 0 Å². The van der Waals surface area contributed by atoms with Crippen LogP contribution in [0.4, 0.5) is 0 Å². The number of allylic oxidation sites excluding steroid dienone is 3. The molecule has 2 rings (SSSR count). The maximum absolute atomic E-state index is 4.52. The van der Waals surface area contributed by atoms with E-state index in [1.165, 1.54) is 91.2 Å². The number of benzene rings is 2. The average Bonchev–Trinajstić information content (AvgIpc) is 2.94. The highest BCUT2D eigenvalue weighted by atomic mass is 15.2. The Bertz CT molecular complexity index is 915. The molecular formula is C40H65N. The normalized spacial score (nSPS) is 12.6. The van der Waals surface area contributed by atoms with E-state index in [1.807, 2.05) is 0 Å². The number of nitrogens with zero attached hydrogens (tertiary/aromatic N) is 1. The van der Waals surface area contributed by atoms with E-state index in [0.717, 1.165) is 25.4 Å². The summed E-state index contributed by atoms with van der Waals surface area (Å²) in [6.07, 6.45) is 14.8. The summed E-state index contributed by atoms with van der Waals surface area (Å²) < 4.78 is 0. The van der Waals surface area contributed by atoms with Crippen molar-refractivity contribution in [1.82, 2.24) is 4.90 Å². The predicted octanol–water partition coefficient (Wildman–Crippen LogP) is 12.4. The van der Waals surface area contributed by atoms with E-state index in [0.29, 0.717) is 12.0 Å². The minimum atomic E-state index is 0.302. The van der Waals surface area contributed by atoms with Crippen molar-refractivity contribution in [2.45, 2.75) is 133 Å². The van der Waals surface area contributed by atoms with Crippen LogP contribution >= 0.6 is 0 Å². The van der Waals surface area contributed by atoms with Gasteiger partial charge < -0.3 is 0 Å². The summed E-state index contributed by atoms with van der Waals surface area (Å²) in [7, 11) is 0. The largest absolute Gasteiger partial charge is 0.292 e. The Labute approximate surface area is 256 Å². The fourth-order valence-electron chi connectivity index (χ4n) is 5.67. The van der Waals surface area contributed by atoms with Gasteiger partial charge in [0, 0.05) is 6.54 Å². The molecule has 0 amide bonds. The molecular weight excluding hydrogens is 494 g/mol. The van der Waals surface area contributed by atoms with Crippen LogP contribution in [0.25, 0.3) is 0 Å². The summed E-state index contributed by atoms with van der Waals surface area (Å²) in [5.74, 6) is 1.51. The van der Waals surface area contributed by atoms with Gasteiger partial charge in [0.2, 0.25) is 0 Å². The molecule has 0 saturated heterocycles. The molecule has 41 heavy (non-hydrogen) atoms. The zero-order chi connectivity index (χ0) is 30.6. The molecule has 2 aromatic carbocycles. The van der Waals surface area contributed by atoms with Crippen molar-refractivity contribution in [3.63, 3.8) is 0 Å². The van der Waals surface area contributed by atoms with Gasteiger partial charge in [0.15, 0.2) is 0 Å². The molecule has 0 aliphatic carbocycles. The Kier molecular flexibility index (Phi) is 19.4. The van der Waals surface area contributed by atoms with E-state index < -0.39 is 0 Å². The molecule has 0 radical (unpaired) electrons. The summed E-state index contributed by atoms with van der Waals surface area (Å²) in [6, 6.07) is 18.7. The lowest BCUT2D eigenvalue weighted by molar-refractivity contribution is 0.190. The van der Waals surface area contributed by atoms with Gasteiger partial charge in [-0.2, -0.15) is 0 Å². The fraction of sp³-hybridized carbons (Fsp3) is 0.600. The highest BCUT2D eigenvalue weighted by molar-refractivity contribution is 5.35. The van der Waals surface area contributed by atoms with Gasteiger partial charge in [-0.15, -0.1) is 0 Å². The first-order valence-corrected chi connectivity index (χ1v) is 16.8. The number of rotatable bonds is 18. The summed E-state index contributed by atoms with van der Waals surface area (Å²) >= 11 is 0. The third-order valence-electron chi connectivity index (χ3n) is 8.22. The van der Waals surface area contributed by atoms with Crippen molar-refractivity contribution in [3.8, 4) is 0 Å². The van der Waals surface area contributed by atoms with Gasteiger partial charge >= 0.3 is 0 Å². The van der Waals surface area contributed by atoms with Crippen LogP contribution in [-0.2, 0) is 0 Å². The zero-order valence-corrected chi connectivity index (χ0v) is 28.6. The predicted molar refractivity (Wildman–Crippen MR) is 186 cm³/mol. The van der Waals surface area contributed by atoms with Gasteiger partial charge in [-0.3, -0.25) is 4.90 Å². The summed E-state index contributed by atoms with van der Waals surface area (Å²) in [5.41, 5.74) is 8.34. The van der Waals surface area contributed by atoms with Crippen molar-refractivity contribution in [1.29, 1.82) is 0 Å². The third kappa shape index (κ3) is 15.6. The molecule has 0 aliphatic heterocycles. The van der Waals surface area contributed by atoms with E-state index in [2.05, 4.69) is 128 Å². The Balaban J connectivity index is 0.00000126. The third-order valence-corrected chi connectivity index (χ3v) is 8.22. The highest BCUT2D eigenvalue weighted by Crippen LogP contribution is 2.31. The first-order chi connectivity index (χ1) is 19.6. The summed E-state index contributed by atoms with van der Waals surface area (Å²) in [6.45, 7) is 26.9. The summed E-state index contributed by atoms with van der Waals surface area (Å²) in [4.78, 5) is 2.75. The highest BCUT2D eigenvalue weighted by Gasteiger charge is 2.24. The van der Waals surface area contributed by atoms with Crippen molar-refractivity contribution in [2.75, 3.05) is 13.1 Å². The first kappa shape index (κ1) is 36.9. The van der Waals surface area contributed by atoms with Crippen LogP contribution < -0.4 is 0 Å². The van der Waals surface area contributed by atoms with Gasteiger partial charge in [0.25, 0.3) is 0 Å². The molecule has 0 aromatic heterocycles. The van der Waals surface area contributed by atoms with Crippen LogP contribution in [0.2, 0.25) is 0 Å². The molecule has 0 spiro atoms. The quantitative estimate of drug-likeness (QED) is 0.164. The zero-order valence-electron chi connectivity index (χ0n) is 28.6. The number of aryl methyl sites for hydroxylation is 2. The molecule has 0 bridgehead atoms. The van der Waals surface area contributed by atoms with Crippen LogP contribution in [0.1, 0.15) is 141 Å². The van der Waals surface area contributed by atoms with E-state index in [4.69, 9.17) is 0 Å². The van der Waals surface area contributed by atoms with Crippen LogP contribution in [0.5, 0.6) is 0 Å². The average molecular weight is 560 g/mol. The minimum absolute atomic E-state index is 0.302. The van der Waals surface area contributed by atoms with Crippen LogP contribution in [0, 0.1) is 25.7 Å². The second kappa shape index (κ2) is 21.6. The van der Waals surface area contributed by atoms with Crippen LogP contribution in [-0.4, -0.2) is 18.0 Å². The monoisotopic (exact) mass is 560 g/mol. The second-order valence-electron chi connectivity index (χ2n) is 12.8. The lowest BCUT2D eigenvalue weighted by atomic mass is 9.89. The topological polar surface area (TPSA) is 3.24 Å². The first-order valence-electron chi connectivity index (χ1n) is 16.8. The Morgan fingerprint density at radius 1 is 0.805 bits per heavy atom. The van der Waals surface area contributed by atoms with Crippen LogP contribution in [0.3, 0.4) is 0 Å². The number of hydrogen-bond donors (Lipinski definition) is 0. The van der Waals surface area contributed by atoms with E-state index in [9.17, 15) is 0 Å². The molecule has 2 unspecified atom stereocenters. The fourth-order valence-corrected chi connectivity index (χ4v) is 5.67. The Hall–Kier alpha value is -2.12. The van der Waals surface area contributed by atoms with Crippen molar-refractivity contribution in [3.05, 3.63) is 94.6 Å². The van der Waals surface area contributed by atoms with Crippen molar-refractivity contribution < 1.29 is 0 Å². The van der Waals surface area contributed by atoms with Gasteiger partial charge in [0.05, 0.1) is 6.04 Å². The molecule has 2 aromatic rings. The minimum Gasteiger partial charge on any atom is -0.292 e. The number of unbranched alkanes of at least 4 members (excludes halogenated alkanes) is 1. The standard InChI is InChI=1S/C34H53N.C6H12/c1-8-11-15-31(13-9-2)25-30(7)14-12-24-35(26-27(4)10-3)34(32-20-16-28(5)17-21-32)33-22-18-29(6)19-23-33;1-4-5-6(2)3/h16-23,27,31,34H,7-15,24-26H2,1-6H3;5H,4H2,1-3H3. The molecule has 2 atom stereocenters. The molecule has 0 aliphatic rings. The molecule has 230 valence electrons. The van der Waals surface area contributed by atoms with Gasteiger partial charge in [0.1, 0.15) is 0 Å². The SMILES string of the molecule is C=C(CCCN(CC(C)CC)C(c1ccc(C)cc1)c1ccc(C)cc1)CC(CCC)CCCC.CCC=C(C)C. The smallest absolute Gasteiger partial charge is 0.0601 e. The maximum atomic E-state index is 4.52. The lowest BCUT2D eigenvalue weighted by Gasteiger charge is -2.35. The maximum Gasteiger partial charge on any atom is 0.0601 e. The van der Waals surface area contributed by atoms with E-state index >= 15 is 0 Å². The molecule has 0 fully saturated rings. The molecule has 1 nitrogen and oxygen atoms in total. The number of hydrogen-bond acceptors (Lipinski definition) is 1. The van der Waals surface area contributed by atoms with Crippen molar-refractivity contribution in [2.24, 2.45) is 11.8 Å². The van der Waals surface area contributed by atoms with E-state index in [1.54, 1.807) is 0 Å². The molecule has 0 saturated carbocycles. The molecule has 0 heterocycles. The Morgan fingerprint density at radius 2 is 1.37 bits per heavy atom. The van der Waals surface area contributed by atoms with Gasteiger partial charge in [-0.1, -0.05) is 157 Å². The van der Waals surface area contributed by atoms with Crippen molar-refractivity contribution >= 4 is 0 Å². The Morgan fingerprint density at radius 3 is 1.78 bits per heavy atom. The van der Waals surface area contributed by atoms with Gasteiger partial charge in [-0.05, 0) is 82.9 Å². The summed E-state index contributed by atoms with van der Waals surface area (Å²) in [5, 5.41) is 0. The van der Waals surface area contributed by atoms with Crippen LogP contribution in [0.15, 0.2) is 72.3 Å². The molecule has 1 heteroatoms. The lowest BCUT2D eigenvalue weighted by Crippen LogP contribution is -2.34.